The molecular weight excluding hydrogens is 490 g/mol. The van der Waals surface area contributed by atoms with Gasteiger partial charge in [-0.3, -0.25) is 13.9 Å². The monoisotopic (exact) mass is 523 g/mol. The highest BCUT2D eigenvalue weighted by molar-refractivity contribution is 7.92. The lowest BCUT2D eigenvalue weighted by Crippen LogP contribution is -2.52. The van der Waals surface area contributed by atoms with Crippen molar-refractivity contribution in [3.8, 4) is 5.75 Å². The average molecular weight is 524 g/mol. The first-order chi connectivity index (χ1) is 17.7. The van der Waals surface area contributed by atoms with Crippen molar-refractivity contribution in [3.05, 3.63) is 96.1 Å². The Kier molecular flexibility index (Phi) is 9.68. The summed E-state index contributed by atoms with van der Waals surface area (Å²) in [5.74, 6) is -0.496. The molecule has 0 heterocycles. The quantitative estimate of drug-likeness (QED) is 0.393. The Morgan fingerprint density at radius 2 is 1.46 bits per heavy atom. The third-order valence-electron chi connectivity index (χ3n) is 5.83. The molecule has 8 nitrogen and oxygen atoms in total. The predicted molar refractivity (Wildman–Crippen MR) is 145 cm³/mol. The van der Waals surface area contributed by atoms with Crippen LogP contribution in [-0.4, -0.2) is 57.6 Å². The van der Waals surface area contributed by atoms with Gasteiger partial charge in [0.15, 0.2) is 0 Å². The van der Waals surface area contributed by atoms with Gasteiger partial charge in [0.25, 0.3) is 0 Å². The van der Waals surface area contributed by atoms with Crippen LogP contribution in [-0.2, 0) is 32.6 Å². The molecule has 0 aromatic heterocycles. The third kappa shape index (κ3) is 7.57. The molecule has 0 aliphatic rings. The number of carbonyl (C=O) groups is 2. The van der Waals surface area contributed by atoms with E-state index in [2.05, 4.69) is 5.32 Å². The average Bonchev–Trinajstić information content (AvgIpc) is 2.90. The number of sulfonamides is 1. The fraction of sp³-hybridized carbons (Fsp3) is 0.286. The topological polar surface area (TPSA) is 96.0 Å². The van der Waals surface area contributed by atoms with Gasteiger partial charge in [0.1, 0.15) is 18.3 Å². The number of carbonyl (C=O) groups excluding carboxylic acids is 2. The molecule has 0 saturated carbocycles. The van der Waals surface area contributed by atoms with Crippen molar-refractivity contribution >= 4 is 27.5 Å². The number of hydrogen-bond donors (Lipinski definition) is 1. The van der Waals surface area contributed by atoms with Crippen molar-refractivity contribution in [1.82, 2.24) is 10.2 Å². The van der Waals surface area contributed by atoms with Gasteiger partial charge >= 0.3 is 0 Å². The van der Waals surface area contributed by atoms with Crippen LogP contribution in [0.2, 0.25) is 0 Å². The predicted octanol–water partition coefficient (Wildman–Crippen LogP) is 3.24. The number of benzene rings is 3. The SMILES string of the molecule is CCOc1ccccc1N(CC(=O)N(Cc1ccccc1)[C@H](Cc1ccccc1)C(=O)NC)S(C)(=O)=O. The van der Waals surface area contributed by atoms with E-state index in [1.807, 2.05) is 60.7 Å². The summed E-state index contributed by atoms with van der Waals surface area (Å²) in [6, 6.07) is 24.5. The first-order valence-electron chi connectivity index (χ1n) is 12.0. The van der Waals surface area contributed by atoms with E-state index in [1.165, 1.54) is 11.9 Å². The summed E-state index contributed by atoms with van der Waals surface area (Å²) in [5, 5.41) is 2.66. The van der Waals surface area contributed by atoms with Gasteiger partial charge in [-0.15, -0.1) is 0 Å². The number of amides is 2. The normalized spacial score (nSPS) is 11.9. The van der Waals surface area contributed by atoms with Crippen LogP contribution in [0, 0.1) is 0 Å². The molecule has 0 aliphatic carbocycles. The Hall–Kier alpha value is -3.85. The maximum Gasteiger partial charge on any atom is 0.244 e. The largest absolute Gasteiger partial charge is 0.492 e. The summed E-state index contributed by atoms with van der Waals surface area (Å²) >= 11 is 0. The zero-order chi connectivity index (χ0) is 26.8. The maximum absolute atomic E-state index is 13.9. The van der Waals surface area contributed by atoms with Gasteiger partial charge in [0.2, 0.25) is 21.8 Å². The van der Waals surface area contributed by atoms with Crippen LogP contribution in [0.25, 0.3) is 0 Å². The molecule has 0 fully saturated rings. The van der Waals surface area contributed by atoms with Gasteiger partial charge in [0.05, 0.1) is 18.6 Å². The Labute approximate surface area is 218 Å². The number of rotatable bonds is 12. The van der Waals surface area contributed by atoms with Crippen molar-refractivity contribution in [2.75, 3.05) is 30.8 Å². The summed E-state index contributed by atoms with van der Waals surface area (Å²) in [4.78, 5) is 28.4. The smallest absolute Gasteiger partial charge is 0.244 e. The summed E-state index contributed by atoms with van der Waals surface area (Å²) < 4.78 is 32.4. The molecule has 0 unspecified atom stereocenters. The lowest BCUT2D eigenvalue weighted by Gasteiger charge is -2.33. The molecule has 0 radical (unpaired) electrons. The molecule has 0 aliphatic heterocycles. The van der Waals surface area contributed by atoms with E-state index in [9.17, 15) is 18.0 Å². The number of nitrogens with zero attached hydrogens (tertiary/aromatic N) is 2. The number of para-hydroxylation sites is 2. The van der Waals surface area contributed by atoms with Crippen molar-refractivity contribution in [1.29, 1.82) is 0 Å². The van der Waals surface area contributed by atoms with Gasteiger partial charge in [-0.2, -0.15) is 0 Å². The van der Waals surface area contributed by atoms with E-state index in [-0.39, 0.29) is 24.6 Å². The Bertz CT molecular complexity index is 1280. The molecule has 3 rings (SSSR count). The number of ether oxygens (including phenoxy) is 1. The molecule has 0 bridgehead atoms. The summed E-state index contributed by atoms with van der Waals surface area (Å²) in [6.45, 7) is 1.78. The molecule has 3 aromatic carbocycles. The van der Waals surface area contributed by atoms with Gasteiger partial charge in [0, 0.05) is 20.0 Å². The third-order valence-corrected chi connectivity index (χ3v) is 6.95. The number of hydrogen-bond acceptors (Lipinski definition) is 5. The van der Waals surface area contributed by atoms with Crippen molar-refractivity contribution in [2.24, 2.45) is 0 Å². The van der Waals surface area contributed by atoms with Crippen LogP contribution in [0.1, 0.15) is 18.1 Å². The number of likely N-dealkylation sites (N-methyl/N-ethyl adjacent to an activating group) is 1. The van der Waals surface area contributed by atoms with Gasteiger partial charge in [-0.25, -0.2) is 8.42 Å². The standard InChI is InChI=1S/C28H33N3O5S/c1-4-36-26-18-12-11-17-24(26)31(37(3,34)35)21-27(32)30(20-23-15-9-6-10-16-23)25(28(33)29-2)19-22-13-7-5-8-14-22/h5-18,25H,4,19-21H2,1-3H3,(H,29,33)/t25-/m1/s1. The summed E-state index contributed by atoms with van der Waals surface area (Å²) in [7, 11) is -2.34. The molecule has 9 heteroatoms. The van der Waals surface area contributed by atoms with E-state index < -0.39 is 28.5 Å². The zero-order valence-corrected chi connectivity index (χ0v) is 22.1. The molecule has 3 aromatic rings. The minimum absolute atomic E-state index is 0.134. The van der Waals surface area contributed by atoms with E-state index in [0.717, 1.165) is 21.7 Å². The number of anilines is 1. The van der Waals surface area contributed by atoms with Crippen LogP contribution in [0.4, 0.5) is 5.69 Å². The van der Waals surface area contributed by atoms with Gasteiger partial charge in [-0.05, 0) is 30.2 Å². The van der Waals surface area contributed by atoms with E-state index in [4.69, 9.17) is 4.74 Å². The fourth-order valence-corrected chi connectivity index (χ4v) is 4.89. The molecule has 0 saturated heterocycles. The molecule has 1 atom stereocenters. The fourth-order valence-electron chi connectivity index (χ4n) is 4.04. The highest BCUT2D eigenvalue weighted by Gasteiger charge is 2.33. The maximum atomic E-state index is 13.9. The van der Waals surface area contributed by atoms with Crippen LogP contribution < -0.4 is 14.4 Å². The van der Waals surface area contributed by atoms with E-state index in [0.29, 0.717) is 12.4 Å². The Morgan fingerprint density at radius 3 is 2.03 bits per heavy atom. The van der Waals surface area contributed by atoms with Gasteiger partial charge in [-0.1, -0.05) is 72.8 Å². The van der Waals surface area contributed by atoms with E-state index in [1.54, 1.807) is 31.2 Å². The van der Waals surface area contributed by atoms with Gasteiger partial charge < -0.3 is 15.0 Å². The second-order valence-electron chi connectivity index (χ2n) is 8.50. The highest BCUT2D eigenvalue weighted by atomic mass is 32.2. The second-order valence-corrected chi connectivity index (χ2v) is 10.4. The second kappa shape index (κ2) is 12.9. The Balaban J connectivity index is 2.03. The van der Waals surface area contributed by atoms with Crippen LogP contribution >= 0.6 is 0 Å². The van der Waals surface area contributed by atoms with Crippen molar-refractivity contribution < 1.29 is 22.7 Å². The molecule has 2 amide bonds. The summed E-state index contributed by atoms with van der Waals surface area (Å²) in [6.07, 6.45) is 1.32. The van der Waals surface area contributed by atoms with Crippen molar-refractivity contribution in [2.45, 2.75) is 25.9 Å². The van der Waals surface area contributed by atoms with E-state index >= 15 is 0 Å². The molecule has 1 N–H and O–H groups in total. The highest BCUT2D eigenvalue weighted by Crippen LogP contribution is 2.30. The first-order valence-corrected chi connectivity index (χ1v) is 13.9. The van der Waals surface area contributed by atoms with Crippen LogP contribution in [0.3, 0.4) is 0 Å². The minimum atomic E-state index is -3.87. The van der Waals surface area contributed by atoms with Crippen LogP contribution in [0.5, 0.6) is 5.75 Å². The minimum Gasteiger partial charge on any atom is -0.492 e. The molecular formula is C28H33N3O5S. The number of nitrogens with one attached hydrogen (secondary N) is 1. The lowest BCUT2D eigenvalue weighted by atomic mass is 10.0. The molecule has 196 valence electrons. The molecule has 0 spiro atoms. The summed E-state index contributed by atoms with van der Waals surface area (Å²) in [5.41, 5.74) is 1.96. The lowest BCUT2D eigenvalue weighted by molar-refractivity contribution is -0.139. The zero-order valence-electron chi connectivity index (χ0n) is 21.3. The Morgan fingerprint density at radius 1 is 0.892 bits per heavy atom. The van der Waals surface area contributed by atoms with Crippen molar-refractivity contribution in [3.63, 3.8) is 0 Å². The first kappa shape index (κ1) is 27.7. The molecule has 37 heavy (non-hydrogen) atoms. The van der Waals surface area contributed by atoms with Crippen LogP contribution in [0.15, 0.2) is 84.9 Å².